The van der Waals surface area contributed by atoms with Crippen LogP contribution >= 0.6 is 0 Å². The van der Waals surface area contributed by atoms with Crippen molar-refractivity contribution in [2.75, 3.05) is 0 Å². The first kappa shape index (κ1) is 38.2. The molecule has 0 radical (unpaired) electrons. The predicted molar refractivity (Wildman–Crippen MR) is 163 cm³/mol. The van der Waals surface area contributed by atoms with Crippen LogP contribution in [0.3, 0.4) is 0 Å². The summed E-state index contributed by atoms with van der Waals surface area (Å²) in [6, 6.07) is 4.59. The van der Waals surface area contributed by atoms with Gasteiger partial charge in [0.25, 0.3) is 8.32 Å². The third-order valence-corrected chi connectivity index (χ3v) is 20.9. The molecule has 2 aromatic carbocycles. The molecular formula is C32H45F9OSi2. The molecule has 1 nitrogen and oxygen atoms in total. The zero-order valence-corrected chi connectivity index (χ0v) is 28.6. The maximum Gasteiger partial charge on any atom is 0.253 e. The Balaban J connectivity index is 2.71. The second-order valence-corrected chi connectivity index (χ2v) is 22.3. The fourth-order valence-corrected chi connectivity index (χ4v) is 15.7. The number of unbranched alkanes of at least 4 members (excludes halogenated alkanes) is 6. The largest absolute Gasteiger partial charge is 0.539 e. The van der Waals surface area contributed by atoms with Crippen molar-refractivity contribution in [1.29, 1.82) is 0 Å². The summed E-state index contributed by atoms with van der Waals surface area (Å²) in [7, 11) is -5.05. The molecule has 0 aliphatic heterocycles. The Kier molecular flexibility index (Phi) is 14.4. The van der Waals surface area contributed by atoms with Crippen LogP contribution in [0.15, 0.2) is 0 Å². The van der Waals surface area contributed by atoms with Crippen molar-refractivity contribution in [3.8, 4) is 16.9 Å². The van der Waals surface area contributed by atoms with Crippen molar-refractivity contribution in [3.05, 3.63) is 52.4 Å². The highest BCUT2D eigenvalue weighted by Crippen LogP contribution is 2.45. The molecule has 250 valence electrons. The van der Waals surface area contributed by atoms with Crippen LogP contribution in [-0.4, -0.2) is 16.4 Å². The lowest BCUT2D eigenvalue weighted by Crippen LogP contribution is -2.47. The van der Waals surface area contributed by atoms with Crippen molar-refractivity contribution in [1.82, 2.24) is 0 Å². The Morgan fingerprint density at radius 3 is 1.34 bits per heavy atom. The fraction of sp³-hybridized carbons (Fsp3) is 0.625. The van der Waals surface area contributed by atoms with Gasteiger partial charge in [0.2, 0.25) is 11.6 Å². The van der Waals surface area contributed by atoms with E-state index in [4.69, 9.17) is 4.43 Å². The fourth-order valence-electron chi connectivity index (χ4n) is 6.01. The molecule has 1 atom stereocenters. The van der Waals surface area contributed by atoms with E-state index in [0.717, 1.165) is 62.7 Å². The Morgan fingerprint density at radius 2 is 0.886 bits per heavy atom. The van der Waals surface area contributed by atoms with Crippen molar-refractivity contribution in [2.24, 2.45) is 0 Å². The van der Waals surface area contributed by atoms with E-state index in [9.17, 15) is 30.7 Å². The van der Waals surface area contributed by atoms with E-state index in [2.05, 4.69) is 27.7 Å². The highest BCUT2D eigenvalue weighted by molar-refractivity contribution is 6.83. The smallest absolute Gasteiger partial charge is 0.253 e. The molecular weight excluding hydrogens is 628 g/mol. The van der Waals surface area contributed by atoms with Crippen LogP contribution in [0.5, 0.6) is 5.75 Å². The lowest BCUT2D eigenvalue weighted by atomic mass is 10.0. The summed E-state index contributed by atoms with van der Waals surface area (Å²) in [6.45, 7) is 12.1. The molecule has 0 spiro atoms. The molecule has 0 aliphatic carbocycles. The Morgan fingerprint density at radius 1 is 0.477 bits per heavy atom. The van der Waals surface area contributed by atoms with Crippen LogP contribution < -0.4 is 4.43 Å². The molecule has 0 saturated carbocycles. The third-order valence-electron chi connectivity index (χ3n) is 9.57. The van der Waals surface area contributed by atoms with Gasteiger partial charge in [0.05, 0.1) is 19.2 Å². The topological polar surface area (TPSA) is 9.23 Å². The molecule has 0 N–H and O–H groups in total. The first-order chi connectivity index (χ1) is 20.7. The van der Waals surface area contributed by atoms with Gasteiger partial charge in [0, 0.05) is 0 Å². The van der Waals surface area contributed by atoms with Gasteiger partial charge in [-0.2, -0.15) is 4.39 Å². The van der Waals surface area contributed by atoms with E-state index >= 15 is 8.78 Å². The molecule has 0 aliphatic rings. The Labute approximate surface area is 257 Å². The van der Waals surface area contributed by atoms with Gasteiger partial charge < -0.3 is 4.43 Å². The maximum atomic E-state index is 16.0. The summed E-state index contributed by atoms with van der Waals surface area (Å²) in [4.78, 5) is 0. The van der Waals surface area contributed by atoms with Crippen molar-refractivity contribution in [2.45, 2.75) is 128 Å². The number of hydrogen-bond donors (Lipinski definition) is 0. The van der Waals surface area contributed by atoms with E-state index in [1.54, 1.807) is 0 Å². The summed E-state index contributed by atoms with van der Waals surface area (Å²) in [5, 5.41) is 0. The third kappa shape index (κ3) is 8.06. The van der Waals surface area contributed by atoms with Gasteiger partial charge in [0.1, 0.15) is 0 Å². The van der Waals surface area contributed by atoms with Crippen molar-refractivity contribution < 1.29 is 43.9 Å². The minimum absolute atomic E-state index is 0.260. The zero-order valence-electron chi connectivity index (χ0n) is 26.6. The van der Waals surface area contributed by atoms with E-state index in [1.165, 1.54) is 0 Å². The summed E-state index contributed by atoms with van der Waals surface area (Å²) in [6.07, 6.45) is 6.75. The van der Waals surface area contributed by atoms with Crippen molar-refractivity contribution in [3.63, 3.8) is 0 Å². The summed E-state index contributed by atoms with van der Waals surface area (Å²) in [5.41, 5.74) is -4.20. The zero-order chi connectivity index (χ0) is 33.4. The number of benzene rings is 2. The van der Waals surface area contributed by atoms with Crippen LogP contribution in [0.25, 0.3) is 11.1 Å². The van der Waals surface area contributed by atoms with Crippen LogP contribution in [0, 0.1) is 52.4 Å². The van der Waals surface area contributed by atoms with Gasteiger partial charge in [-0.25, -0.2) is 35.1 Å². The molecule has 0 aromatic heterocycles. The maximum absolute atomic E-state index is 16.0. The van der Waals surface area contributed by atoms with Gasteiger partial charge >= 0.3 is 0 Å². The van der Waals surface area contributed by atoms with Crippen LogP contribution in [0.2, 0.25) is 41.8 Å². The Bertz CT molecular complexity index is 1230. The number of hydrogen-bond acceptors (Lipinski definition) is 1. The van der Waals surface area contributed by atoms with Gasteiger partial charge in [0.15, 0.2) is 46.5 Å². The van der Waals surface area contributed by atoms with Gasteiger partial charge in [-0.3, -0.25) is 0 Å². The highest BCUT2D eigenvalue weighted by Gasteiger charge is 2.45. The molecule has 0 amide bonds. The number of halogens is 9. The molecule has 1 unspecified atom stereocenters. The van der Waals surface area contributed by atoms with E-state index in [-0.39, 0.29) is 5.54 Å². The van der Waals surface area contributed by atoms with Gasteiger partial charge in [-0.1, -0.05) is 111 Å². The first-order valence-corrected chi connectivity index (χ1v) is 21.0. The van der Waals surface area contributed by atoms with Gasteiger partial charge in [-0.05, 0) is 17.6 Å². The second-order valence-electron chi connectivity index (χ2n) is 12.2. The quantitative estimate of drug-likeness (QED) is 0.0503. The average molecular weight is 673 g/mol. The lowest BCUT2D eigenvalue weighted by molar-refractivity contribution is 0.372. The van der Waals surface area contributed by atoms with Crippen molar-refractivity contribution >= 4 is 16.4 Å². The summed E-state index contributed by atoms with van der Waals surface area (Å²) < 4.78 is 138. The standard InChI is InChI=1S/C32H45F9OSi2/c1-7-11-12-13-14-15-16-17-44(20(5)6,19-18-43(8-2,9-3)10-4)42-32-26(36)22(25(35)29(39)31(32)41)21-23(33)27(37)30(40)28(38)24(21)34/h20H,7-19H2,1-6H3. The summed E-state index contributed by atoms with van der Waals surface area (Å²) in [5.74, 6) is -22.9. The average Bonchev–Trinajstić information content (AvgIpc) is 3.01. The van der Waals surface area contributed by atoms with Crippen LogP contribution in [0.1, 0.15) is 86.5 Å². The summed E-state index contributed by atoms with van der Waals surface area (Å²) >= 11 is 0. The molecule has 2 rings (SSSR count). The molecule has 2 aromatic rings. The molecule has 0 bridgehead atoms. The monoisotopic (exact) mass is 672 g/mol. The molecule has 44 heavy (non-hydrogen) atoms. The first-order valence-electron chi connectivity index (χ1n) is 15.8. The number of rotatable bonds is 18. The van der Waals surface area contributed by atoms with E-state index < -0.39 is 85.6 Å². The molecule has 0 heterocycles. The van der Waals surface area contributed by atoms with E-state index in [1.807, 2.05) is 13.8 Å². The van der Waals surface area contributed by atoms with Crippen LogP contribution in [-0.2, 0) is 0 Å². The minimum Gasteiger partial charge on any atom is -0.539 e. The predicted octanol–water partition coefficient (Wildman–Crippen LogP) is 12.6. The SMILES string of the molecule is CCCCCCCCC[Si](CC[Si](CC)(CC)CC)(Oc1c(F)c(F)c(F)c(-c2c(F)c(F)c(F)c(F)c2F)c1F)C(C)C. The Hall–Kier alpha value is -1.96. The normalized spacial score (nSPS) is 13.5. The molecule has 12 heteroatoms. The van der Waals surface area contributed by atoms with Crippen LogP contribution in [0.4, 0.5) is 39.5 Å². The minimum atomic E-state index is -3.26. The van der Waals surface area contributed by atoms with E-state index in [0.29, 0.717) is 18.5 Å². The molecule has 0 fully saturated rings. The lowest BCUT2D eigenvalue weighted by Gasteiger charge is -2.39. The second kappa shape index (κ2) is 16.6. The molecule has 0 saturated heterocycles. The highest BCUT2D eigenvalue weighted by atomic mass is 28.4. The van der Waals surface area contributed by atoms with Gasteiger partial charge in [-0.15, -0.1) is 0 Å².